The molecule has 24 heavy (non-hydrogen) atoms. The van der Waals surface area contributed by atoms with E-state index in [1.807, 2.05) is 31.2 Å². The van der Waals surface area contributed by atoms with Gasteiger partial charge in [0.25, 0.3) is 0 Å². The second kappa shape index (κ2) is 7.58. The van der Waals surface area contributed by atoms with Gasteiger partial charge in [0.1, 0.15) is 5.82 Å². The summed E-state index contributed by atoms with van der Waals surface area (Å²) in [7, 11) is 0. The van der Waals surface area contributed by atoms with Crippen LogP contribution in [0.1, 0.15) is 44.9 Å². The molecule has 0 saturated carbocycles. The van der Waals surface area contributed by atoms with Gasteiger partial charge in [-0.05, 0) is 36.1 Å². The fourth-order valence-electron chi connectivity index (χ4n) is 2.44. The van der Waals surface area contributed by atoms with Crippen molar-refractivity contribution in [2.75, 3.05) is 11.9 Å². The Kier molecular flexibility index (Phi) is 5.73. The van der Waals surface area contributed by atoms with Crippen molar-refractivity contribution in [1.29, 1.82) is 0 Å². The van der Waals surface area contributed by atoms with Gasteiger partial charge >= 0.3 is 0 Å². The Bertz CT molecular complexity index is 690. The van der Waals surface area contributed by atoms with Crippen molar-refractivity contribution in [3.63, 3.8) is 0 Å². The summed E-state index contributed by atoms with van der Waals surface area (Å²) < 4.78 is 13.7. The van der Waals surface area contributed by atoms with E-state index in [0.29, 0.717) is 5.56 Å². The third-order valence-corrected chi connectivity index (χ3v) is 3.98. The van der Waals surface area contributed by atoms with Gasteiger partial charge in [-0.15, -0.1) is 0 Å². The molecule has 0 heterocycles. The van der Waals surface area contributed by atoms with Gasteiger partial charge in [-0.3, -0.25) is 4.79 Å². The molecule has 2 aromatic carbocycles. The van der Waals surface area contributed by atoms with Crippen molar-refractivity contribution in [2.45, 2.75) is 39.2 Å². The van der Waals surface area contributed by atoms with Gasteiger partial charge in [-0.1, -0.05) is 51.1 Å². The van der Waals surface area contributed by atoms with Crippen LogP contribution < -0.4 is 10.6 Å². The highest BCUT2D eigenvalue weighted by Gasteiger charge is 2.14. The Balaban J connectivity index is 1.88. The van der Waals surface area contributed by atoms with Crippen LogP contribution in [0.5, 0.6) is 0 Å². The smallest absolute Gasteiger partial charge is 0.238 e. The van der Waals surface area contributed by atoms with Crippen molar-refractivity contribution in [1.82, 2.24) is 5.32 Å². The van der Waals surface area contributed by atoms with Crippen LogP contribution in [-0.2, 0) is 10.2 Å². The fraction of sp³-hybridized carbons (Fsp3) is 0.350. The molecule has 3 nitrogen and oxygen atoms in total. The second-order valence-corrected chi connectivity index (χ2v) is 7.00. The van der Waals surface area contributed by atoms with Gasteiger partial charge < -0.3 is 10.6 Å². The normalized spacial score (nSPS) is 12.7. The largest absolute Gasteiger partial charge is 0.325 e. The van der Waals surface area contributed by atoms with E-state index in [1.165, 1.54) is 11.6 Å². The summed E-state index contributed by atoms with van der Waals surface area (Å²) in [4.78, 5) is 12.0. The van der Waals surface area contributed by atoms with Gasteiger partial charge in [-0.2, -0.15) is 0 Å². The van der Waals surface area contributed by atoms with Gasteiger partial charge in [0.05, 0.1) is 6.54 Å². The third kappa shape index (κ3) is 4.90. The predicted molar refractivity (Wildman–Crippen MR) is 96.6 cm³/mol. The standard InChI is InChI=1S/C20H25FN2O/c1-14(17-7-5-6-8-18(17)21)22-13-19(24)23-16-11-9-15(10-12-16)20(2,3)4/h5-12,14,22H,13H2,1-4H3,(H,23,24). The molecule has 0 aromatic heterocycles. The van der Waals surface area contributed by atoms with Crippen LogP contribution in [0.3, 0.4) is 0 Å². The lowest BCUT2D eigenvalue weighted by Crippen LogP contribution is -2.30. The van der Waals surface area contributed by atoms with Crippen LogP contribution in [-0.4, -0.2) is 12.5 Å². The highest BCUT2D eigenvalue weighted by Crippen LogP contribution is 2.23. The quantitative estimate of drug-likeness (QED) is 0.853. The molecule has 2 N–H and O–H groups in total. The highest BCUT2D eigenvalue weighted by molar-refractivity contribution is 5.92. The number of halogens is 1. The average Bonchev–Trinajstić information content (AvgIpc) is 2.53. The Hall–Kier alpha value is -2.20. The molecule has 4 heteroatoms. The molecular formula is C20H25FN2O. The maximum Gasteiger partial charge on any atom is 0.238 e. The lowest BCUT2D eigenvalue weighted by atomic mass is 9.87. The number of carbonyl (C=O) groups excluding carboxylic acids is 1. The molecular weight excluding hydrogens is 303 g/mol. The van der Waals surface area contributed by atoms with E-state index in [1.54, 1.807) is 18.2 Å². The number of hydrogen-bond donors (Lipinski definition) is 2. The van der Waals surface area contributed by atoms with Gasteiger partial charge in [-0.25, -0.2) is 4.39 Å². The van der Waals surface area contributed by atoms with Crippen LogP contribution in [0.4, 0.5) is 10.1 Å². The number of hydrogen-bond acceptors (Lipinski definition) is 2. The summed E-state index contributed by atoms with van der Waals surface area (Å²) in [6, 6.07) is 14.2. The average molecular weight is 328 g/mol. The predicted octanol–water partition coefficient (Wildman–Crippen LogP) is 4.41. The summed E-state index contributed by atoms with van der Waals surface area (Å²) in [5, 5.41) is 5.89. The molecule has 0 aliphatic heterocycles. The van der Waals surface area contributed by atoms with Crippen LogP contribution in [0.15, 0.2) is 48.5 Å². The van der Waals surface area contributed by atoms with Crippen molar-refractivity contribution < 1.29 is 9.18 Å². The van der Waals surface area contributed by atoms with Gasteiger partial charge in [0, 0.05) is 17.3 Å². The lowest BCUT2D eigenvalue weighted by Gasteiger charge is -2.19. The van der Waals surface area contributed by atoms with E-state index in [4.69, 9.17) is 0 Å². The van der Waals surface area contributed by atoms with E-state index in [9.17, 15) is 9.18 Å². The maximum atomic E-state index is 13.7. The Labute approximate surface area is 143 Å². The Morgan fingerprint density at radius 1 is 1.08 bits per heavy atom. The summed E-state index contributed by atoms with van der Waals surface area (Å²) in [6.45, 7) is 8.40. The Morgan fingerprint density at radius 3 is 2.29 bits per heavy atom. The van der Waals surface area contributed by atoms with Crippen LogP contribution in [0.2, 0.25) is 0 Å². The lowest BCUT2D eigenvalue weighted by molar-refractivity contribution is -0.115. The number of nitrogens with one attached hydrogen (secondary N) is 2. The first-order valence-electron chi connectivity index (χ1n) is 8.15. The molecule has 2 aromatic rings. The first-order chi connectivity index (χ1) is 11.3. The molecule has 0 bridgehead atoms. The molecule has 1 amide bonds. The molecule has 2 rings (SSSR count). The van der Waals surface area contributed by atoms with Gasteiger partial charge in [0.15, 0.2) is 0 Å². The second-order valence-electron chi connectivity index (χ2n) is 7.00. The minimum atomic E-state index is -0.268. The number of amides is 1. The first-order valence-corrected chi connectivity index (χ1v) is 8.15. The minimum absolute atomic E-state index is 0.0826. The fourth-order valence-corrected chi connectivity index (χ4v) is 2.44. The molecule has 0 fully saturated rings. The monoisotopic (exact) mass is 328 g/mol. The van der Waals surface area contributed by atoms with E-state index in [-0.39, 0.29) is 29.7 Å². The van der Waals surface area contributed by atoms with Crippen LogP contribution in [0.25, 0.3) is 0 Å². The third-order valence-electron chi connectivity index (χ3n) is 3.98. The van der Waals surface area contributed by atoms with Crippen molar-refractivity contribution >= 4 is 11.6 Å². The van der Waals surface area contributed by atoms with Crippen molar-refractivity contribution in [3.8, 4) is 0 Å². The van der Waals surface area contributed by atoms with Crippen molar-refractivity contribution in [3.05, 3.63) is 65.5 Å². The first kappa shape index (κ1) is 18.1. The molecule has 1 unspecified atom stereocenters. The SMILES string of the molecule is CC(NCC(=O)Nc1ccc(C(C)(C)C)cc1)c1ccccc1F. The highest BCUT2D eigenvalue weighted by atomic mass is 19.1. The minimum Gasteiger partial charge on any atom is -0.325 e. The molecule has 128 valence electrons. The van der Waals surface area contributed by atoms with E-state index < -0.39 is 0 Å². The number of benzene rings is 2. The molecule has 1 atom stereocenters. The zero-order valence-electron chi connectivity index (χ0n) is 14.7. The summed E-state index contributed by atoms with van der Waals surface area (Å²) in [6.07, 6.45) is 0. The van der Waals surface area contributed by atoms with Crippen molar-refractivity contribution in [2.24, 2.45) is 0 Å². The zero-order valence-corrected chi connectivity index (χ0v) is 14.7. The maximum absolute atomic E-state index is 13.7. The summed E-state index contributed by atoms with van der Waals surface area (Å²) in [5.41, 5.74) is 2.61. The van der Waals surface area contributed by atoms with Crippen LogP contribution in [0, 0.1) is 5.82 Å². The molecule has 0 radical (unpaired) electrons. The Morgan fingerprint density at radius 2 is 1.71 bits per heavy atom. The van der Waals surface area contributed by atoms with E-state index in [2.05, 4.69) is 31.4 Å². The number of carbonyl (C=O) groups is 1. The van der Waals surface area contributed by atoms with Crippen LogP contribution >= 0.6 is 0 Å². The molecule has 0 saturated heterocycles. The number of anilines is 1. The zero-order chi connectivity index (χ0) is 17.7. The molecule has 0 aliphatic rings. The number of rotatable bonds is 5. The summed E-state index contributed by atoms with van der Waals surface area (Å²) in [5.74, 6) is -0.419. The summed E-state index contributed by atoms with van der Waals surface area (Å²) >= 11 is 0. The molecule has 0 spiro atoms. The topological polar surface area (TPSA) is 41.1 Å². The van der Waals surface area contributed by atoms with Gasteiger partial charge in [0.2, 0.25) is 5.91 Å². The molecule has 0 aliphatic carbocycles. The van der Waals surface area contributed by atoms with E-state index >= 15 is 0 Å². The van der Waals surface area contributed by atoms with E-state index in [0.717, 1.165) is 5.69 Å².